The summed E-state index contributed by atoms with van der Waals surface area (Å²) < 4.78 is 25.7. The first-order chi connectivity index (χ1) is 8.18. The predicted molar refractivity (Wildman–Crippen MR) is 56.0 cm³/mol. The van der Waals surface area contributed by atoms with E-state index >= 15 is 0 Å². The summed E-state index contributed by atoms with van der Waals surface area (Å²) >= 11 is 0. The molecule has 0 saturated heterocycles. The summed E-state index contributed by atoms with van der Waals surface area (Å²) in [5.41, 5.74) is 0.724. The number of halogens is 2. The van der Waals surface area contributed by atoms with Crippen molar-refractivity contribution in [1.82, 2.24) is 15.0 Å². The van der Waals surface area contributed by atoms with Gasteiger partial charge in [-0.2, -0.15) is 8.78 Å². The van der Waals surface area contributed by atoms with E-state index in [1.807, 2.05) is 0 Å². The van der Waals surface area contributed by atoms with Crippen molar-refractivity contribution >= 4 is 11.6 Å². The molecule has 1 amide bonds. The molecule has 0 aliphatic heterocycles. The third kappa shape index (κ3) is 2.44. The lowest BCUT2D eigenvalue weighted by molar-refractivity contribution is -0.126. The molecule has 7 heteroatoms. The topological polar surface area (TPSA) is 59.8 Å². The molecule has 0 fully saturated rings. The predicted octanol–water partition coefficient (Wildman–Crippen LogP) is 1.47. The van der Waals surface area contributed by atoms with Crippen LogP contribution < -0.4 is 5.32 Å². The zero-order valence-corrected chi connectivity index (χ0v) is 8.55. The minimum Gasteiger partial charge on any atom is -0.319 e. The number of nitrogens with zero attached hydrogens (tertiary/aromatic N) is 3. The van der Waals surface area contributed by atoms with Crippen LogP contribution in [0.1, 0.15) is 0 Å². The summed E-state index contributed by atoms with van der Waals surface area (Å²) in [7, 11) is 0. The van der Waals surface area contributed by atoms with E-state index in [1.165, 1.54) is 16.9 Å². The molecule has 1 heterocycles. The molecule has 1 aromatic carbocycles. The highest BCUT2D eigenvalue weighted by Gasteiger charge is 2.16. The second-order valence-corrected chi connectivity index (χ2v) is 3.15. The van der Waals surface area contributed by atoms with Crippen molar-refractivity contribution in [3.63, 3.8) is 0 Å². The van der Waals surface area contributed by atoms with Gasteiger partial charge in [0.25, 0.3) is 5.91 Å². The van der Waals surface area contributed by atoms with Gasteiger partial charge in [0.15, 0.2) is 0 Å². The van der Waals surface area contributed by atoms with E-state index in [9.17, 15) is 13.6 Å². The number of aromatic nitrogens is 3. The second kappa shape index (κ2) is 4.69. The first-order valence-corrected chi connectivity index (χ1v) is 4.73. The minimum atomic E-state index is -3.06. The Kier molecular flexibility index (Phi) is 3.08. The number of amides is 1. The lowest BCUT2D eigenvalue weighted by Gasteiger charge is -2.09. The number of para-hydroxylation sites is 2. The molecule has 88 valence electrons. The molecule has 0 aliphatic rings. The van der Waals surface area contributed by atoms with Crippen LogP contribution >= 0.6 is 0 Å². The molecular weight excluding hydrogens is 230 g/mol. The first-order valence-electron chi connectivity index (χ1n) is 4.73. The van der Waals surface area contributed by atoms with Crippen LogP contribution in [-0.2, 0) is 4.79 Å². The Morgan fingerprint density at radius 2 is 2.12 bits per heavy atom. The fraction of sp³-hybridized carbons (Fsp3) is 0.100. The van der Waals surface area contributed by atoms with E-state index in [2.05, 4.69) is 15.6 Å². The van der Waals surface area contributed by atoms with Gasteiger partial charge in [0.1, 0.15) is 0 Å². The molecule has 1 N–H and O–H groups in total. The van der Waals surface area contributed by atoms with E-state index in [0.29, 0.717) is 5.69 Å². The maximum Gasteiger partial charge on any atom is 0.315 e. The Balaban J connectivity index is 2.32. The van der Waals surface area contributed by atoms with Crippen molar-refractivity contribution < 1.29 is 13.6 Å². The van der Waals surface area contributed by atoms with Crippen molar-refractivity contribution in [1.29, 1.82) is 0 Å². The van der Waals surface area contributed by atoms with Crippen LogP contribution in [0.5, 0.6) is 0 Å². The van der Waals surface area contributed by atoms with Crippen LogP contribution in [0.25, 0.3) is 5.69 Å². The van der Waals surface area contributed by atoms with Crippen molar-refractivity contribution in [2.75, 3.05) is 5.32 Å². The summed E-state index contributed by atoms with van der Waals surface area (Å²) in [6.45, 7) is 0. The Morgan fingerprint density at radius 1 is 1.35 bits per heavy atom. The fourth-order valence-corrected chi connectivity index (χ4v) is 1.30. The zero-order chi connectivity index (χ0) is 12.3. The summed E-state index contributed by atoms with van der Waals surface area (Å²) in [5, 5.41) is 9.45. The van der Waals surface area contributed by atoms with E-state index < -0.39 is 12.3 Å². The van der Waals surface area contributed by atoms with Crippen LogP contribution in [0.3, 0.4) is 0 Å². The Morgan fingerprint density at radius 3 is 2.76 bits per heavy atom. The molecule has 0 atom stereocenters. The monoisotopic (exact) mass is 238 g/mol. The Bertz CT molecular complexity index is 513. The number of anilines is 1. The van der Waals surface area contributed by atoms with Crippen LogP contribution in [0.4, 0.5) is 14.5 Å². The fourth-order valence-electron chi connectivity index (χ4n) is 1.30. The number of alkyl halides is 2. The average molecular weight is 238 g/mol. The number of hydrogen-bond donors (Lipinski definition) is 1. The van der Waals surface area contributed by atoms with E-state index in [1.54, 1.807) is 24.4 Å². The molecule has 0 radical (unpaired) electrons. The summed E-state index contributed by atoms with van der Waals surface area (Å²) in [5.74, 6) is -1.35. The average Bonchev–Trinajstić information content (AvgIpc) is 2.83. The molecule has 2 rings (SSSR count). The molecule has 0 unspecified atom stereocenters. The summed E-state index contributed by atoms with van der Waals surface area (Å²) in [6, 6.07) is 6.48. The van der Waals surface area contributed by atoms with Gasteiger partial charge in [0.2, 0.25) is 0 Å². The first kappa shape index (κ1) is 11.2. The lowest BCUT2D eigenvalue weighted by atomic mass is 10.2. The number of hydrogen-bond acceptors (Lipinski definition) is 3. The van der Waals surface area contributed by atoms with Gasteiger partial charge in [0, 0.05) is 0 Å². The number of carbonyl (C=O) groups excluding carboxylic acids is 1. The van der Waals surface area contributed by atoms with Crippen LogP contribution in [0.2, 0.25) is 0 Å². The van der Waals surface area contributed by atoms with Gasteiger partial charge in [0.05, 0.1) is 23.8 Å². The van der Waals surface area contributed by atoms with Crippen molar-refractivity contribution in [2.45, 2.75) is 6.43 Å². The van der Waals surface area contributed by atoms with Crippen LogP contribution in [0, 0.1) is 0 Å². The van der Waals surface area contributed by atoms with Crippen molar-refractivity contribution in [3.8, 4) is 5.69 Å². The third-order valence-corrected chi connectivity index (χ3v) is 2.03. The minimum absolute atomic E-state index is 0.253. The van der Waals surface area contributed by atoms with Gasteiger partial charge in [-0.3, -0.25) is 4.79 Å². The highest BCUT2D eigenvalue weighted by Crippen LogP contribution is 2.19. The highest BCUT2D eigenvalue weighted by atomic mass is 19.3. The lowest BCUT2D eigenvalue weighted by Crippen LogP contribution is -2.21. The van der Waals surface area contributed by atoms with Crippen molar-refractivity contribution in [3.05, 3.63) is 36.7 Å². The Labute approximate surface area is 95.1 Å². The molecule has 0 saturated carbocycles. The SMILES string of the molecule is O=C(Nc1ccccc1-n1ccnn1)C(F)F. The smallest absolute Gasteiger partial charge is 0.315 e. The van der Waals surface area contributed by atoms with Gasteiger partial charge in [-0.15, -0.1) is 5.10 Å². The Hall–Kier alpha value is -2.31. The number of carbonyl (C=O) groups is 1. The quantitative estimate of drug-likeness (QED) is 0.880. The standard InChI is InChI=1S/C10H8F2N4O/c11-9(12)10(17)14-7-3-1-2-4-8(7)16-6-5-13-15-16/h1-6,9H,(H,14,17). The maximum atomic E-state index is 12.1. The molecular formula is C10H8F2N4O. The van der Waals surface area contributed by atoms with E-state index in [-0.39, 0.29) is 5.69 Å². The van der Waals surface area contributed by atoms with Crippen molar-refractivity contribution in [2.24, 2.45) is 0 Å². The van der Waals surface area contributed by atoms with Gasteiger partial charge in [-0.05, 0) is 12.1 Å². The second-order valence-electron chi connectivity index (χ2n) is 3.15. The van der Waals surface area contributed by atoms with Gasteiger partial charge in [-0.1, -0.05) is 17.3 Å². The van der Waals surface area contributed by atoms with Gasteiger partial charge >= 0.3 is 6.43 Å². The number of benzene rings is 1. The van der Waals surface area contributed by atoms with Gasteiger partial charge in [-0.25, -0.2) is 4.68 Å². The molecule has 17 heavy (non-hydrogen) atoms. The van der Waals surface area contributed by atoms with E-state index in [4.69, 9.17) is 0 Å². The normalized spacial score (nSPS) is 10.5. The number of rotatable bonds is 3. The molecule has 0 spiro atoms. The molecule has 0 bridgehead atoms. The highest BCUT2D eigenvalue weighted by molar-refractivity contribution is 5.94. The molecule has 5 nitrogen and oxygen atoms in total. The zero-order valence-electron chi connectivity index (χ0n) is 8.55. The molecule has 2 aromatic rings. The molecule has 0 aliphatic carbocycles. The van der Waals surface area contributed by atoms with Gasteiger partial charge < -0.3 is 5.32 Å². The summed E-state index contributed by atoms with van der Waals surface area (Å²) in [4.78, 5) is 10.9. The maximum absolute atomic E-state index is 12.1. The van der Waals surface area contributed by atoms with Crippen LogP contribution in [0.15, 0.2) is 36.7 Å². The summed E-state index contributed by atoms with van der Waals surface area (Å²) in [6.07, 6.45) is -0.0576. The third-order valence-electron chi connectivity index (χ3n) is 2.03. The largest absolute Gasteiger partial charge is 0.319 e. The van der Waals surface area contributed by atoms with E-state index in [0.717, 1.165) is 0 Å². The van der Waals surface area contributed by atoms with Crippen LogP contribution in [-0.4, -0.2) is 27.3 Å². The number of nitrogens with one attached hydrogen (secondary N) is 1. The molecule has 1 aromatic heterocycles.